The Morgan fingerprint density at radius 2 is 2.23 bits per heavy atom. The van der Waals surface area contributed by atoms with Crippen LogP contribution < -0.4 is 0 Å². The number of hydrogen-bond donors (Lipinski definition) is 0. The van der Waals surface area contributed by atoms with E-state index in [1.807, 2.05) is 16.7 Å². The van der Waals surface area contributed by atoms with E-state index in [9.17, 15) is 4.79 Å². The summed E-state index contributed by atoms with van der Waals surface area (Å²) in [6, 6.07) is 0.568. The number of carbonyl (C=O) groups is 1. The van der Waals surface area contributed by atoms with Gasteiger partial charge in [-0.05, 0) is 25.5 Å². The van der Waals surface area contributed by atoms with Crippen molar-refractivity contribution in [2.75, 3.05) is 12.8 Å². The van der Waals surface area contributed by atoms with Crippen molar-refractivity contribution in [1.82, 2.24) is 4.90 Å². The molecule has 0 aromatic heterocycles. The lowest BCUT2D eigenvalue weighted by Crippen LogP contribution is -2.36. The van der Waals surface area contributed by atoms with Gasteiger partial charge in [-0.25, -0.2) is 0 Å². The zero-order valence-corrected chi connectivity index (χ0v) is 9.56. The SMILES string of the molecule is CCC(CN(C(C)=O)C1CC1)SC. The number of thioether (sulfide) groups is 1. The molecule has 1 atom stereocenters. The van der Waals surface area contributed by atoms with Gasteiger partial charge >= 0.3 is 0 Å². The zero-order valence-electron chi connectivity index (χ0n) is 8.75. The summed E-state index contributed by atoms with van der Waals surface area (Å²) in [5.74, 6) is 0.245. The molecule has 1 aliphatic carbocycles. The molecule has 0 aliphatic heterocycles. The lowest BCUT2D eigenvalue weighted by Gasteiger charge is -2.24. The second-order valence-electron chi connectivity index (χ2n) is 3.67. The van der Waals surface area contributed by atoms with Crippen LogP contribution in [0.15, 0.2) is 0 Å². The Morgan fingerprint density at radius 3 is 2.54 bits per heavy atom. The molecule has 0 heterocycles. The average Bonchev–Trinajstić information content (AvgIpc) is 2.89. The Balaban J connectivity index is 2.41. The molecule has 1 saturated carbocycles. The lowest BCUT2D eigenvalue weighted by molar-refractivity contribution is -0.129. The fourth-order valence-corrected chi connectivity index (χ4v) is 2.15. The molecule has 0 N–H and O–H groups in total. The third kappa shape index (κ3) is 3.22. The van der Waals surface area contributed by atoms with Crippen molar-refractivity contribution in [2.45, 2.75) is 44.4 Å². The summed E-state index contributed by atoms with van der Waals surface area (Å²) in [7, 11) is 0. The number of nitrogens with zero attached hydrogens (tertiary/aromatic N) is 1. The van der Waals surface area contributed by atoms with E-state index in [-0.39, 0.29) is 5.91 Å². The maximum absolute atomic E-state index is 11.3. The van der Waals surface area contributed by atoms with Gasteiger partial charge < -0.3 is 4.90 Å². The van der Waals surface area contributed by atoms with Crippen LogP contribution in [0.4, 0.5) is 0 Å². The van der Waals surface area contributed by atoms with Gasteiger partial charge in [-0.15, -0.1) is 0 Å². The highest BCUT2D eigenvalue weighted by Gasteiger charge is 2.31. The molecular weight excluding hydrogens is 182 g/mol. The minimum Gasteiger partial charge on any atom is -0.339 e. The van der Waals surface area contributed by atoms with Gasteiger partial charge in [-0.2, -0.15) is 11.8 Å². The van der Waals surface area contributed by atoms with Crippen LogP contribution >= 0.6 is 11.8 Å². The van der Waals surface area contributed by atoms with Crippen LogP contribution in [0.2, 0.25) is 0 Å². The number of amides is 1. The van der Waals surface area contributed by atoms with Crippen LogP contribution in [0.25, 0.3) is 0 Å². The first-order chi connectivity index (χ1) is 6.19. The van der Waals surface area contributed by atoms with E-state index >= 15 is 0 Å². The van der Waals surface area contributed by atoms with E-state index in [1.165, 1.54) is 12.8 Å². The topological polar surface area (TPSA) is 20.3 Å². The van der Waals surface area contributed by atoms with Crippen LogP contribution in [0.1, 0.15) is 33.1 Å². The largest absolute Gasteiger partial charge is 0.339 e. The van der Waals surface area contributed by atoms with E-state index < -0.39 is 0 Å². The second kappa shape index (κ2) is 4.89. The van der Waals surface area contributed by atoms with Crippen molar-refractivity contribution < 1.29 is 4.79 Å². The Labute approximate surface area is 85.1 Å². The van der Waals surface area contributed by atoms with Crippen molar-refractivity contribution >= 4 is 17.7 Å². The third-order valence-electron chi connectivity index (χ3n) is 2.58. The van der Waals surface area contributed by atoms with Crippen molar-refractivity contribution in [2.24, 2.45) is 0 Å². The minimum absolute atomic E-state index is 0.245. The van der Waals surface area contributed by atoms with Crippen molar-refractivity contribution in [3.63, 3.8) is 0 Å². The molecule has 76 valence electrons. The van der Waals surface area contributed by atoms with Crippen LogP contribution in [0, 0.1) is 0 Å². The smallest absolute Gasteiger partial charge is 0.219 e. The van der Waals surface area contributed by atoms with Gasteiger partial charge in [0.05, 0.1) is 0 Å². The Morgan fingerprint density at radius 1 is 1.62 bits per heavy atom. The van der Waals surface area contributed by atoms with Crippen molar-refractivity contribution in [1.29, 1.82) is 0 Å². The first-order valence-electron chi connectivity index (χ1n) is 4.99. The number of rotatable bonds is 5. The molecule has 1 unspecified atom stereocenters. The van der Waals surface area contributed by atoms with Gasteiger partial charge in [-0.1, -0.05) is 6.92 Å². The number of hydrogen-bond acceptors (Lipinski definition) is 2. The summed E-state index contributed by atoms with van der Waals surface area (Å²) in [5, 5.41) is 0.615. The normalized spacial score (nSPS) is 18.4. The van der Waals surface area contributed by atoms with Gasteiger partial charge in [0, 0.05) is 24.8 Å². The molecule has 0 aromatic carbocycles. The molecule has 3 heteroatoms. The summed E-state index contributed by atoms with van der Waals surface area (Å²) >= 11 is 1.87. The quantitative estimate of drug-likeness (QED) is 0.679. The van der Waals surface area contributed by atoms with Crippen LogP contribution in [0.3, 0.4) is 0 Å². The van der Waals surface area contributed by atoms with Gasteiger partial charge in [0.1, 0.15) is 0 Å². The van der Waals surface area contributed by atoms with Gasteiger partial charge in [-0.3, -0.25) is 4.79 Å². The van der Waals surface area contributed by atoms with Crippen molar-refractivity contribution in [3.05, 3.63) is 0 Å². The van der Waals surface area contributed by atoms with Gasteiger partial charge in [0.25, 0.3) is 0 Å². The Kier molecular flexibility index (Phi) is 4.10. The first kappa shape index (κ1) is 10.9. The molecular formula is C10H19NOS. The third-order valence-corrected chi connectivity index (χ3v) is 3.73. The lowest BCUT2D eigenvalue weighted by atomic mass is 10.3. The van der Waals surface area contributed by atoms with E-state index in [1.54, 1.807) is 6.92 Å². The molecule has 0 aromatic rings. The number of carbonyl (C=O) groups excluding carboxylic acids is 1. The molecule has 1 amide bonds. The second-order valence-corrected chi connectivity index (χ2v) is 4.81. The highest BCUT2D eigenvalue weighted by Crippen LogP contribution is 2.28. The Bertz CT molecular complexity index is 176. The highest BCUT2D eigenvalue weighted by atomic mass is 32.2. The average molecular weight is 201 g/mol. The summed E-state index contributed by atoms with van der Waals surface area (Å²) < 4.78 is 0. The molecule has 0 spiro atoms. The van der Waals surface area contributed by atoms with Gasteiger partial charge in [0.2, 0.25) is 5.91 Å². The molecule has 1 fully saturated rings. The molecule has 1 aliphatic rings. The molecule has 0 radical (unpaired) electrons. The van der Waals surface area contributed by atoms with Crippen LogP contribution in [0.5, 0.6) is 0 Å². The first-order valence-corrected chi connectivity index (χ1v) is 6.27. The minimum atomic E-state index is 0.245. The molecule has 1 rings (SSSR count). The molecule has 2 nitrogen and oxygen atoms in total. The Hall–Kier alpha value is -0.180. The van der Waals surface area contributed by atoms with E-state index in [0.29, 0.717) is 11.3 Å². The summed E-state index contributed by atoms with van der Waals surface area (Å²) in [4.78, 5) is 13.4. The predicted molar refractivity (Wildman–Crippen MR) is 58.0 cm³/mol. The fraction of sp³-hybridized carbons (Fsp3) is 0.900. The molecule has 0 saturated heterocycles. The predicted octanol–water partition coefficient (Wildman–Crippen LogP) is 2.14. The maximum Gasteiger partial charge on any atom is 0.219 e. The van der Waals surface area contributed by atoms with Crippen molar-refractivity contribution in [3.8, 4) is 0 Å². The summed E-state index contributed by atoms with van der Waals surface area (Å²) in [6.45, 7) is 4.81. The van der Waals surface area contributed by atoms with E-state index in [2.05, 4.69) is 13.2 Å². The zero-order chi connectivity index (χ0) is 9.84. The summed E-state index contributed by atoms with van der Waals surface area (Å²) in [5.41, 5.74) is 0. The van der Waals surface area contributed by atoms with Crippen LogP contribution in [-0.4, -0.2) is 34.9 Å². The fourth-order valence-electron chi connectivity index (χ4n) is 1.51. The monoisotopic (exact) mass is 201 g/mol. The molecule has 13 heavy (non-hydrogen) atoms. The highest BCUT2D eigenvalue weighted by molar-refractivity contribution is 7.99. The van der Waals surface area contributed by atoms with E-state index in [4.69, 9.17) is 0 Å². The molecule has 0 bridgehead atoms. The van der Waals surface area contributed by atoms with Gasteiger partial charge in [0.15, 0.2) is 0 Å². The maximum atomic E-state index is 11.3. The van der Waals surface area contributed by atoms with Crippen LogP contribution in [-0.2, 0) is 4.79 Å². The standard InChI is InChI=1S/C10H19NOS/c1-4-10(13-3)7-11(8(2)12)9-5-6-9/h9-10H,4-7H2,1-3H3. The van der Waals surface area contributed by atoms with E-state index in [0.717, 1.165) is 13.0 Å². The summed E-state index contributed by atoms with van der Waals surface area (Å²) in [6.07, 6.45) is 5.70.